The highest BCUT2D eigenvalue weighted by Crippen LogP contribution is 2.55. The number of hydrogen-bond acceptors (Lipinski definition) is 7. The Morgan fingerprint density at radius 3 is 2.12 bits per heavy atom. The number of methoxy groups -OCH3 is 1. The molecule has 2 aromatic rings. The van der Waals surface area contributed by atoms with Gasteiger partial charge in [0.05, 0.1) is 18.3 Å². The predicted molar refractivity (Wildman–Crippen MR) is 157 cm³/mol. The Bertz CT molecular complexity index is 1210. The molecule has 3 heterocycles. The molecule has 3 saturated heterocycles. The van der Waals surface area contributed by atoms with Gasteiger partial charge in [-0.2, -0.15) is 0 Å². The normalized spacial score (nSPS) is 26.7. The van der Waals surface area contributed by atoms with Crippen LogP contribution in [0.2, 0.25) is 6.32 Å². The van der Waals surface area contributed by atoms with Crippen molar-refractivity contribution < 1.29 is 28.4 Å². The van der Waals surface area contributed by atoms with Crippen LogP contribution in [-0.4, -0.2) is 72.5 Å². The van der Waals surface area contributed by atoms with Crippen LogP contribution >= 0.6 is 0 Å². The number of esters is 1. The Morgan fingerprint density at radius 1 is 0.902 bits per heavy atom. The van der Waals surface area contributed by atoms with Gasteiger partial charge in [0.2, 0.25) is 0 Å². The number of amides is 1. The lowest BCUT2D eigenvalue weighted by Gasteiger charge is -2.41. The quantitative estimate of drug-likeness (QED) is 0.303. The zero-order valence-corrected chi connectivity index (χ0v) is 25.1. The summed E-state index contributed by atoms with van der Waals surface area (Å²) in [5.74, 6) is -0.377. The Labute approximate surface area is 244 Å². The van der Waals surface area contributed by atoms with Crippen molar-refractivity contribution in [2.75, 3.05) is 26.7 Å². The van der Waals surface area contributed by atoms with Gasteiger partial charge in [-0.1, -0.05) is 67.1 Å². The maximum Gasteiger partial charge on any atom is 0.457 e. The average molecular weight is 563 g/mol. The number of likely N-dealkylation sites (tertiary alicyclic amines) is 2. The maximum absolute atomic E-state index is 13.9. The first kappa shape index (κ1) is 29.6. The van der Waals surface area contributed by atoms with E-state index in [1.54, 1.807) is 4.90 Å². The number of benzene rings is 2. The van der Waals surface area contributed by atoms with Crippen LogP contribution in [0.4, 0.5) is 4.79 Å². The molecule has 0 saturated carbocycles. The number of rotatable bonds is 9. The van der Waals surface area contributed by atoms with Crippen LogP contribution < -0.4 is 0 Å². The summed E-state index contributed by atoms with van der Waals surface area (Å²) in [6.45, 7) is 10.6. The summed E-state index contributed by atoms with van der Waals surface area (Å²) in [6.07, 6.45) is 2.45. The number of ether oxygens (including phenoxy) is 2. The molecule has 1 amide bonds. The summed E-state index contributed by atoms with van der Waals surface area (Å²) in [6, 6.07) is 19.8. The fourth-order valence-electron chi connectivity index (χ4n) is 6.94. The van der Waals surface area contributed by atoms with Crippen molar-refractivity contribution in [3.63, 3.8) is 0 Å². The summed E-state index contributed by atoms with van der Waals surface area (Å²) >= 11 is 0. The highest BCUT2D eigenvalue weighted by molar-refractivity contribution is 6.45. The fraction of sp³-hybridized carbons (Fsp3) is 0.562. The standard InChI is InChI=1S/C32H43BN2O6/c1-29(2)30(3,4)41-33(40-29)19-12-17-31-18-20-35(28(37)39-22-26-15-10-7-11-16-26)32(31,27(36)38-5)24-34(23-31)21-25-13-8-6-9-14-25/h6-11,13-16H,12,17-24H2,1-5H3/t31-,32-/m1/s1. The lowest BCUT2D eigenvalue weighted by Crippen LogP contribution is -2.62. The fourth-order valence-corrected chi connectivity index (χ4v) is 6.94. The van der Waals surface area contributed by atoms with E-state index in [0.717, 1.165) is 24.0 Å². The van der Waals surface area contributed by atoms with Crippen molar-refractivity contribution in [2.45, 2.75) is 83.2 Å². The van der Waals surface area contributed by atoms with Crippen LogP contribution in [0.3, 0.4) is 0 Å². The molecule has 8 nitrogen and oxygen atoms in total. The van der Waals surface area contributed by atoms with Crippen molar-refractivity contribution in [3.8, 4) is 0 Å². The molecule has 2 aromatic carbocycles. The summed E-state index contributed by atoms with van der Waals surface area (Å²) in [5, 5.41) is 0. The van der Waals surface area contributed by atoms with Crippen molar-refractivity contribution >= 4 is 19.2 Å². The van der Waals surface area contributed by atoms with E-state index >= 15 is 0 Å². The van der Waals surface area contributed by atoms with Gasteiger partial charge in [-0.25, -0.2) is 9.59 Å². The SMILES string of the molecule is COC(=O)[C@]12CN(Cc3ccccc3)C[C@@]1(CCCB1OC(C)(C)C(C)(C)O1)CCN2C(=O)OCc1ccccc1. The average Bonchev–Trinajstić information content (AvgIpc) is 3.50. The van der Waals surface area contributed by atoms with Crippen molar-refractivity contribution in [1.29, 1.82) is 0 Å². The van der Waals surface area contributed by atoms with E-state index in [1.807, 2.05) is 48.5 Å². The first-order valence-electron chi connectivity index (χ1n) is 14.7. The summed E-state index contributed by atoms with van der Waals surface area (Å²) in [5.41, 5.74) is -0.336. The third-order valence-electron chi connectivity index (χ3n) is 9.73. The van der Waals surface area contributed by atoms with Gasteiger partial charge >= 0.3 is 19.2 Å². The van der Waals surface area contributed by atoms with E-state index in [9.17, 15) is 9.59 Å². The van der Waals surface area contributed by atoms with Gasteiger partial charge in [0.1, 0.15) is 6.61 Å². The molecule has 3 aliphatic rings. The first-order valence-corrected chi connectivity index (χ1v) is 14.7. The zero-order valence-electron chi connectivity index (χ0n) is 25.1. The second kappa shape index (κ2) is 11.4. The second-order valence-corrected chi connectivity index (χ2v) is 12.8. The monoisotopic (exact) mass is 562 g/mol. The zero-order chi connectivity index (χ0) is 29.3. The summed E-state index contributed by atoms with van der Waals surface area (Å²) in [4.78, 5) is 31.5. The van der Waals surface area contributed by atoms with E-state index < -0.39 is 28.2 Å². The second-order valence-electron chi connectivity index (χ2n) is 12.8. The molecule has 5 rings (SSSR count). The molecule has 2 atom stereocenters. The summed E-state index contributed by atoms with van der Waals surface area (Å²) in [7, 11) is 1.11. The highest BCUT2D eigenvalue weighted by atomic mass is 16.7. The van der Waals surface area contributed by atoms with E-state index in [1.165, 1.54) is 7.11 Å². The molecule has 0 bridgehead atoms. The van der Waals surface area contributed by atoms with E-state index in [4.69, 9.17) is 18.8 Å². The molecule has 220 valence electrons. The van der Waals surface area contributed by atoms with E-state index in [2.05, 4.69) is 44.7 Å². The molecular formula is C32H43BN2O6. The minimum atomic E-state index is -1.14. The lowest BCUT2D eigenvalue weighted by molar-refractivity contribution is -0.156. The van der Waals surface area contributed by atoms with Gasteiger partial charge in [-0.3, -0.25) is 9.80 Å². The minimum absolute atomic E-state index is 0.149. The Morgan fingerprint density at radius 2 is 1.51 bits per heavy atom. The Balaban J connectivity index is 1.39. The number of hydrogen-bond donors (Lipinski definition) is 0. The van der Waals surface area contributed by atoms with Crippen LogP contribution in [0, 0.1) is 5.41 Å². The number of nitrogens with zero attached hydrogens (tertiary/aromatic N) is 2. The maximum atomic E-state index is 13.9. The Hall–Kier alpha value is -2.88. The molecule has 9 heteroatoms. The van der Waals surface area contributed by atoms with Crippen LogP contribution in [0.25, 0.3) is 0 Å². The smallest absolute Gasteiger partial charge is 0.457 e. The number of carbonyl (C=O) groups is 2. The minimum Gasteiger partial charge on any atom is -0.467 e. The molecule has 0 radical (unpaired) electrons. The largest absolute Gasteiger partial charge is 0.467 e. The molecule has 3 fully saturated rings. The molecule has 0 unspecified atom stereocenters. The number of carbonyl (C=O) groups excluding carboxylic acids is 2. The predicted octanol–water partition coefficient (Wildman–Crippen LogP) is 5.32. The van der Waals surface area contributed by atoms with Gasteiger partial charge in [0, 0.05) is 31.6 Å². The molecule has 3 aliphatic heterocycles. The van der Waals surface area contributed by atoms with E-state index in [0.29, 0.717) is 38.9 Å². The van der Waals surface area contributed by atoms with Gasteiger partial charge in [0.15, 0.2) is 5.54 Å². The molecular weight excluding hydrogens is 519 g/mol. The van der Waals surface area contributed by atoms with Crippen molar-refractivity contribution in [2.24, 2.45) is 5.41 Å². The third kappa shape index (κ3) is 5.52. The lowest BCUT2D eigenvalue weighted by atomic mass is 9.67. The van der Waals surface area contributed by atoms with Gasteiger partial charge in [-0.15, -0.1) is 0 Å². The van der Waals surface area contributed by atoms with Crippen molar-refractivity contribution in [1.82, 2.24) is 9.80 Å². The number of fused-ring (bicyclic) bond motifs is 1. The van der Waals surface area contributed by atoms with Gasteiger partial charge < -0.3 is 18.8 Å². The van der Waals surface area contributed by atoms with Crippen LogP contribution in [0.1, 0.15) is 58.1 Å². The van der Waals surface area contributed by atoms with Gasteiger partial charge in [0.25, 0.3) is 0 Å². The first-order chi connectivity index (χ1) is 19.5. The van der Waals surface area contributed by atoms with Crippen LogP contribution in [0.5, 0.6) is 0 Å². The summed E-state index contributed by atoms with van der Waals surface area (Å²) < 4.78 is 23.8. The van der Waals surface area contributed by atoms with Crippen LogP contribution in [-0.2, 0) is 36.7 Å². The van der Waals surface area contributed by atoms with Gasteiger partial charge in [-0.05, 0) is 58.0 Å². The highest BCUT2D eigenvalue weighted by Gasteiger charge is 2.70. The molecule has 41 heavy (non-hydrogen) atoms. The topological polar surface area (TPSA) is 77.5 Å². The molecule has 0 N–H and O–H groups in total. The molecule has 0 aromatic heterocycles. The third-order valence-corrected chi connectivity index (χ3v) is 9.73. The van der Waals surface area contributed by atoms with Crippen molar-refractivity contribution in [3.05, 3.63) is 71.8 Å². The molecule has 0 aliphatic carbocycles. The molecule has 0 spiro atoms. The van der Waals surface area contributed by atoms with Crippen LogP contribution in [0.15, 0.2) is 60.7 Å². The Kier molecular flexibility index (Phi) is 8.25. The van der Waals surface area contributed by atoms with E-state index in [-0.39, 0.29) is 19.7 Å².